The molecule has 3 aromatic carbocycles. The Balaban J connectivity index is 1.50. The van der Waals surface area contributed by atoms with E-state index in [1.807, 2.05) is 0 Å². The molecule has 3 aromatic rings. The minimum Gasteiger partial charge on any atom is -0.407 e. The Bertz CT molecular complexity index is 1040. The van der Waals surface area contributed by atoms with Crippen molar-refractivity contribution in [3.8, 4) is 0 Å². The van der Waals surface area contributed by atoms with Gasteiger partial charge >= 0.3 is 0 Å². The van der Waals surface area contributed by atoms with E-state index in [2.05, 4.69) is 126 Å². The van der Waals surface area contributed by atoms with E-state index in [1.165, 1.54) is 39.5 Å². The third-order valence-electron chi connectivity index (χ3n) is 7.39. The number of aryl methyl sites for hydroxylation is 1. The van der Waals surface area contributed by atoms with Crippen molar-refractivity contribution in [3.05, 3.63) is 90.0 Å². The average Bonchev–Trinajstić information content (AvgIpc) is 2.86. The summed E-state index contributed by atoms with van der Waals surface area (Å²) >= 11 is 0. The first-order valence-corrected chi connectivity index (χ1v) is 19.4. The van der Waals surface area contributed by atoms with Crippen molar-refractivity contribution in [1.29, 1.82) is 0 Å². The fraction of sp³-hybridized carbons (Fsp3) is 0.455. The van der Waals surface area contributed by atoms with Gasteiger partial charge < -0.3 is 9.16 Å². The Hall–Kier alpha value is -1.99. The van der Waals surface area contributed by atoms with Crippen molar-refractivity contribution in [1.82, 2.24) is 0 Å². The maximum atomic E-state index is 7.01. The van der Waals surface area contributed by atoms with E-state index in [1.54, 1.807) is 0 Å². The minimum absolute atomic E-state index is 0.0362. The predicted octanol–water partition coefficient (Wildman–Crippen LogP) is 7.19. The van der Waals surface area contributed by atoms with Gasteiger partial charge in [-0.25, -0.2) is 0 Å². The first-order valence-electron chi connectivity index (χ1n) is 14.0. The number of benzene rings is 3. The van der Waals surface area contributed by atoms with Gasteiger partial charge in [0.05, 0.1) is 14.7 Å². The first kappa shape index (κ1) is 29.6. The van der Waals surface area contributed by atoms with Crippen LogP contribution in [0.25, 0.3) is 0 Å². The molecule has 0 amide bonds. The van der Waals surface area contributed by atoms with Gasteiger partial charge in [0, 0.05) is 13.2 Å². The lowest BCUT2D eigenvalue weighted by Crippen LogP contribution is -2.66. The van der Waals surface area contributed by atoms with E-state index in [9.17, 15) is 0 Å². The summed E-state index contributed by atoms with van der Waals surface area (Å²) in [7, 11) is -3.71. The normalized spacial score (nSPS) is 12.6. The molecular formula is C33H48O2Si2. The summed E-state index contributed by atoms with van der Waals surface area (Å²) in [6.07, 6.45) is 4.54. The molecule has 0 aliphatic carbocycles. The second-order valence-corrected chi connectivity index (χ2v) is 21.8. The molecule has 0 aliphatic rings. The standard InChI is InChI=1S/C33H48O2Si2/c1-28-22-23-32(36(5,6)7)26-29(28)27-34-24-16-8-9-17-25-35-37(33(2,3)4,30-18-12-10-13-19-30)31-20-14-11-15-21-31/h10-15,18-23,26H,8-9,16-17,24-25,27H2,1-7H3. The third kappa shape index (κ3) is 7.76. The fourth-order valence-corrected chi connectivity index (χ4v) is 10.9. The van der Waals surface area contributed by atoms with E-state index < -0.39 is 16.4 Å². The Labute approximate surface area is 228 Å². The zero-order valence-electron chi connectivity index (χ0n) is 24.3. The lowest BCUT2D eigenvalue weighted by Gasteiger charge is -2.43. The Morgan fingerprint density at radius 2 is 1.19 bits per heavy atom. The summed E-state index contributed by atoms with van der Waals surface area (Å²) in [6, 6.07) is 28.8. The number of hydrogen-bond donors (Lipinski definition) is 0. The van der Waals surface area contributed by atoms with Crippen LogP contribution in [0.4, 0.5) is 0 Å². The highest BCUT2D eigenvalue weighted by molar-refractivity contribution is 6.99. The van der Waals surface area contributed by atoms with Crippen molar-refractivity contribution >= 4 is 32.0 Å². The first-order chi connectivity index (χ1) is 17.6. The molecule has 0 saturated carbocycles. The summed E-state index contributed by atoms with van der Waals surface area (Å²) in [4.78, 5) is 0. The molecule has 0 radical (unpaired) electrons. The highest BCUT2D eigenvalue weighted by atomic mass is 28.4. The molecule has 0 aliphatic heterocycles. The molecule has 200 valence electrons. The van der Waals surface area contributed by atoms with E-state index in [4.69, 9.17) is 9.16 Å². The van der Waals surface area contributed by atoms with Crippen molar-refractivity contribution in [2.75, 3.05) is 13.2 Å². The topological polar surface area (TPSA) is 18.5 Å². The molecule has 37 heavy (non-hydrogen) atoms. The van der Waals surface area contributed by atoms with Crippen LogP contribution in [0.15, 0.2) is 78.9 Å². The zero-order chi connectivity index (χ0) is 26.9. The van der Waals surface area contributed by atoms with Gasteiger partial charge in [-0.15, -0.1) is 0 Å². The smallest absolute Gasteiger partial charge is 0.261 e. The summed E-state index contributed by atoms with van der Waals surface area (Å²) in [5, 5.41) is 4.26. The van der Waals surface area contributed by atoms with Crippen molar-refractivity contribution in [2.45, 2.75) is 84.7 Å². The molecule has 4 heteroatoms. The van der Waals surface area contributed by atoms with Gasteiger partial charge in [0.2, 0.25) is 0 Å². The maximum Gasteiger partial charge on any atom is 0.261 e. The number of ether oxygens (including phenoxy) is 1. The number of unbranched alkanes of at least 4 members (excludes halogenated alkanes) is 3. The number of rotatable bonds is 13. The second kappa shape index (κ2) is 13.2. The summed E-state index contributed by atoms with van der Waals surface area (Å²) in [5.74, 6) is 0. The van der Waals surface area contributed by atoms with E-state index in [-0.39, 0.29) is 5.04 Å². The monoisotopic (exact) mass is 532 g/mol. The Kier molecular flexibility index (Phi) is 10.5. The molecule has 0 unspecified atom stereocenters. The molecule has 0 atom stereocenters. The van der Waals surface area contributed by atoms with Crippen LogP contribution in [0, 0.1) is 6.92 Å². The zero-order valence-corrected chi connectivity index (χ0v) is 26.3. The highest BCUT2D eigenvalue weighted by Crippen LogP contribution is 2.36. The average molecular weight is 533 g/mol. The largest absolute Gasteiger partial charge is 0.407 e. The van der Waals surface area contributed by atoms with E-state index in [0.717, 1.165) is 32.7 Å². The van der Waals surface area contributed by atoms with Crippen LogP contribution in [0.5, 0.6) is 0 Å². The molecule has 0 fully saturated rings. The summed E-state index contributed by atoms with van der Waals surface area (Å²) in [5.41, 5.74) is 2.68. The lowest BCUT2D eigenvalue weighted by molar-refractivity contribution is 0.116. The third-order valence-corrected chi connectivity index (χ3v) is 14.5. The molecule has 0 heterocycles. The summed E-state index contributed by atoms with van der Waals surface area (Å²) < 4.78 is 13.1. The van der Waals surface area contributed by atoms with Gasteiger partial charge in [-0.2, -0.15) is 0 Å². The van der Waals surface area contributed by atoms with Crippen LogP contribution in [0.3, 0.4) is 0 Å². The molecule has 0 bridgehead atoms. The quantitative estimate of drug-likeness (QED) is 0.171. The molecule has 0 spiro atoms. The van der Waals surface area contributed by atoms with E-state index >= 15 is 0 Å². The maximum absolute atomic E-state index is 7.01. The van der Waals surface area contributed by atoms with Crippen LogP contribution in [0.1, 0.15) is 57.6 Å². The molecule has 3 rings (SSSR count). The van der Waals surface area contributed by atoms with Gasteiger partial charge in [-0.1, -0.05) is 137 Å². The van der Waals surface area contributed by atoms with Crippen molar-refractivity contribution in [3.63, 3.8) is 0 Å². The summed E-state index contributed by atoms with van der Waals surface area (Å²) in [6.45, 7) is 18.8. The van der Waals surface area contributed by atoms with Gasteiger partial charge in [0.25, 0.3) is 8.32 Å². The van der Waals surface area contributed by atoms with Crippen LogP contribution < -0.4 is 15.6 Å². The SMILES string of the molecule is Cc1ccc([Si](C)(C)C)cc1COCCCCCCO[Si](c1ccccc1)(c1ccccc1)C(C)(C)C. The Morgan fingerprint density at radius 3 is 1.70 bits per heavy atom. The fourth-order valence-electron chi connectivity index (χ4n) is 5.12. The molecular weight excluding hydrogens is 485 g/mol. The predicted molar refractivity (Wildman–Crippen MR) is 166 cm³/mol. The van der Waals surface area contributed by atoms with Gasteiger partial charge in [0.15, 0.2) is 0 Å². The van der Waals surface area contributed by atoms with Crippen molar-refractivity contribution < 1.29 is 9.16 Å². The minimum atomic E-state index is -2.41. The van der Waals surface area contributed by atoms with Crippen LogP contribution in [-0.2, 0) is 15.8 Å². The number of hydrogen-bond acceptors (Lipinski definition) is 2. The van der Waals surface area contributed by atoms with Crippen LogP contribution >= 0.6 is 0 Å². The van der Waals surface area contributed by atoms with Gasteiger partial charge in [-0.05, 0) is 46.3 Å². The molecule has 0 saturated heterocycles. The lowest BCUT2D eigenvalue weighted by atomic mass is 10.1. The molecule has 2 nitrogen and oxygen atoms in total. The second-order valence-electron chi connectivity index (χ2n) is 12.4. The van der Waals surface area contributed by atoms with E-state index in [0.29, 0.717) is 0 Å². The van der Waals surface area contributed by atoms with Crippen LogP contribution in [0.2, 0.25) is 24.7 Å². The van der Waals surface area contributed by atoms with Gasteiger partial charge in [-0.3, -0.25) is 0 Å². The Morgan fingerprint density at radius 1 is 0.649 bits per heavy atom. The molecule has 0 aromatic heterocycles. The van der Waals surface area contributed by atoms with Gasteiger partial charge in [0.1, 0.15) is 0 Å². The molecule has 0 N–H and O–H groups in total. The van der Waals surface area contributed by atoms with Crippen molar-refractivity contribution in [2.24, 2.45) is 0 Å². The highest BCUT2D eigenvalue weighted by Gasteiger charge is 2.49. The van der Waals surface area contributed by atoms with Crippen LogP contribution in [-0.4, -0.2) is 29.6 Å².